The Morgan fingerprint density at radius 2 is 1.43 bits per heavy atom. The number of fused-ring (bicyclic) bond motifs is 3. The number of pyridine rings is 1. The van der Waals surface area contributed by atoms with Gasteiger partial charge in [-0.25, -0.2) is 24.4 Å². The summed E-state index contributed by atoms with van der Waals surface area (Å²) >= 11 is 0. The van der Waals surface area contributed by atoms with Crippen molar-refractivity contribution in [3.63, 3.8) is 0 Å². The highest BCUT2D eigenvalue weighted by molar-refractivity contribution is 6.13. The van der Waals surface area contributed by atoms with E-state index in [1.165, 1.54) is 26.0 Å². The van der Waals surface area contributed by atoms with Crippen LogP contribution < -0.4 is 48.3 Å². The molecule has 1 unspecified atom stereocenters. The predicted molar refractivity (Wildman–Crippen MR) is 319 cm³/mol. The van der Waals surface area contributed by atoms with Gasteiger partial charge >= 0.3 is 18.2 Å². The number of hydrogen-bond donors (Lipinski definition) is 9. The van der Waals surface area contributed by atoms with Crippen molar-refractivity contribution in [2.24, 2.45) is 11.7 Å². The highest BCUT2D eigenvalue weighted by atomic mass is 16.6. The fourth-order valence-corrected chi connectivity index (χ4v) is 8.85. The molecule has 0 radical (unpaired) electrons. The van der Waals surface area contributed by atoms with Crippen molar-refractivity contribution in [3.05, 3.63) is 72.1 Å². The lowest BCUT2D eigenvalue weighted by Crippen LogP contribution is -2.55. The molecule has 2 aromatic heterocycles. The van der Waals surface area contributed by atoms with Gasteiger partial charge in [0.1, 0.15) is 54.3 Å². The molecule has 10 N–H and O–H groups in total. The number of imide groups is 1. The maximum atomic E-state index is 13.7. The number of aromatic nitrogens is 3. The number of para-hydroxylation sites is 1. The van der Waals surface area contributed by atoms with Gasteiger partial charge in [0.05, 0.1) is 29.8 Å². The molecule has 0 fully saturated rings. The number of amides is 11. The van der Waals surface area contributed by atoms with Crippen LogP contribution in [0.3, 0.4) is 0 Å². The normalized spacial score (nSPS) is 13.3. The predicted octanol–water partition coefficient (Wildman–Crippen LogP) is 4.70. The molecule has 0 saturated carbocycles. The first-order valence-electron chi connectivity index (χ1n) is 28.6. The van der Waals surface area contributed by atoms with E-state index in [2.05, 4.69) is 42.5 Å². The average Bonchev–Trinajstić information content (AvgIpc) is 2.27. The van der Waals surface area contributed by atoms with Gasteiger partial charge in [0.2, 0.25) is 29.5 Å². The number of ether oxygens (including phenoxy) is 4. The van der Waals surface area contributed by atoms with Gasteiger partial charge in [0.15, 0.2) is 5.82 Å². The molecule has 27 heteroatoms. The number of nitrogens with zero attached hydrogens (tertiary/aromatic N) is 4. The van der Waals surface area contributed by atoms with E-state index >= 15 is 0 Å². The molecule has 4 aromatic rings. The topological polar surface area (TPSA) is 364 Å². The summed E-state index contributed by atoms with van der Waals surface area (Å²) in [7, 11) is 0. The van der Waals surface area contributed by atoms with E-state index in [0.29, 0.717) is 59.5 Å². The van der Waals surface area contributed by atoms with E-state index in [1.54, 1.807) is 58.9 Å². The summed E-state index contributed by atoms with van der Waals surface area (Å²) in [5.74, 6) is -2.98. The average molecular weight is 1200 g/mol. The monoisotopic (exact) mass is 1200 g/mol. The Bertz CT molecular complexity index is 3100. The Labute approximate surface area is 499 Å². The molecule has 0 saturated heterocycles. The summed E-state index contributed by atoms with van der Waals surface area (Å²) < 4.78 is 24.8. The van der Waals surface area contributed by atoms with E-state index in [-0.39, 0.29) is 101 Å². The number of benzene rings is 2. The maximum Gasteiger partial charge on any atom is 0.408 e. The third-order valence-electron chi connectivity index (χ3n) is 13.2. The van der Waals surface area contributed by atoms with Crippen LogP contribution in [0.25, 0.3) is 21.9 Å². The van der Waals surface area contributed by atoms with Gasteiger partial charge in [0.25, 0.3) is 11.8 Å². The smallest absolute Gasteiger partial charge is 0.408 e. The van der Waals surface area contributed by atoms with Crippen molar-refractivity contribution in [1.29, 1.82) is 0 Å². The van der Waals surface area contributed by atoms with Crippen LogP contribution in [0.1, 0.15) is 119 Å². The largest absolute Gasteiger partial charge is 0.445 e. The first kappa shape index (κ1) is 68.1. The highest BCUT2D eigenvalue weighted by Crippen LogP contribution is 2.32. The Hall–Kier alpha value is -8.72. The number of unbranched alkanes of at least 4 members (excludes halogenated alkanes) is 2. The molecule has 86 heavy (non-hydrogen) atoms. The van der Waals surface area contributed by atoms with Gasteiger partial charge in [0, 0.05) is 55.9 Å². The number of carbonyl (C=O) groups is 10. The van der Waals surface area contributed by atoms with Crippen molar-refractivity contribution in [3.8, 4) is 0 Å². The summed E-state index contributed by atoms with van der Waals surface area (Å²) in [4.78, 5) is 138. The lowest BCUT2D eigenvalue weighted by atomic mass is 10.0. The van der Waals surface area contributed by atoms with Crippen molar-refractivity contribution in [1.82, 2.24) is 51.3 Å². The Balaban J connectivity index is 1.11. The number of primary amides is 1. The molecule has 0 aliphatic carbocycles. The van der Waals surface area contributed by atoms with Crippen molar-refractivity contribution in [2.75, 3.05) is 50.0 Å². The lowest BCUT2D eigenvalue weighted by molar-refractivity contribution is -0.137. The van der Waals surface area contributed by atoms with E-state index in [9.17, 15) is 47.9 Å². The summed E-state index contributed by atoms with van der Waals surface area (Å²) in [5.41, 5.74) is 4.73. The van der Waals surface area contributed by atoms with Crippen molar-refractivity contribution < 1.29 is 66.9 Å². The van der Waals surface area contributed by atoms with E-state index in [1.807, 2.05) is 49.6 Å². The molecule has 2 aromatic carbocycles. The van der Waals surface area contributed by atoms with Crippen LogP contribution in [0.2, 0.25) is 0 Å². The molecule has 1 aliphatic heterocycles. The quantitative estimate of drug-likeness (QED) is 0.0236. The first-order valence-corrected chi connectivity index (χ1v) is 28.6. The Kier molecular flexibility index (Phi) is 24.9. The van der Waals surface area contributed by atoms with Crippen molar-refractivity contribution in [2.45, 2.75) is 156 Å². The van der Waals surface area contributed by atoms with E-state index in [4.69, 9.17) is 34.6 Å². The van der Waals surface area contributed by atoms with Gasteiger partial charge in [-0.2, -0.15) is 0 Å². The zero-order valence-corrected chi connectivity index (χ0v) is 50.7. The van der Waals surface area contributed by atoms with E-state index in [0.717, 1.165) is 10.3 Å². The van der Waals surface area contributed by atoms with Gasteiger partial charge in [-0.1, -0.05) is 50.6 Å². The second kappa shape index (κ2) is 31.4. The maximum absolute atomic E-state index is 13.7. The van der Waals surface area contributed by atoms with Crippen LogP contribution in [0.15, 0.2) is 60.7 Å². The minimum Gasteiger partial charge on any atom is -0.445 e. The summed E-state index contributed by atoms with van der Waals surface area (Å²) in [5, 5.41) is 22.1. The number of anilines is 2. The van der Waals surface area contributed by atoms with Crippen LogP contribution in [0.5, 0.6) is 0 Å². The molecule has 0 spiro atoms. The molecule has 27 nitrogen and oxygen atoms in total. The van der Waals surface area contributed by atoms with Crippen LogP contribution in [0, 0.1) is 5.92 Å². The van der Waals surface area contributed by atoms with Crippen LogP contribution >= 0.6 is 0 Å². The second-order valence-electron chi connectivity index (χ2n) is 23.0. The zero-order valence-electron chi connectivity index (χ0n) is 50.7. The number of nitrogens with two attached hydrogens (primary N) is 1. The lowest BCUT2D eigenvalue weighted by Gasteiger charge is -2.28. The second-order valence-corrected chi connectivity index (χ2v) is 23.0. The fraction of sp³-hybridized carbons (Fsp3) is 0.525. The third-order valence-corrected chi connectivity index (χ3v) is 13.2. The molecule has 1 aliphatic rings. The number of nitrogens with one attached hydrogen (secondary N) is 8. The molecule has 2 atom stereocenters. The van der Waals surface area contributed by atoms with Gasteiger partial charge < -0.3 is 71.8 Å². The van der Waals surface area contributed by atoms with E-state index < -0.39 is 70.7 Å². The summed E-state index contributed by atoms with van der Waals surface area (Å²) in [6.07, 6.45) is 2.80. The zero-order chi connectivity index (χ0) is 63.4. The van der Waals surface area contributed by atoms with Crippen molar-refractivity contribution >= 4 is 93.0 Å². The first-order chi connectivity index (χ1) is 40.6. The minimum absolute atomic E-state index is 0.0792. The number of carbonyl (C=O) groups excluding carboxylic acids is 10. The SMILES string of the molecule is CCOCc1nc2c(NC(=O)CNC(=O)OC(C)(C)C)nc3ccccc3c2n1CC(C)(C)OCCNC(=O)C(C)(C)NC(=O)OCc1ccc(NC(=O)C(CCCNC(N)=O)NC(=O)[C@@H](NC(=O)CCCCCN2C(=O)C=CC2=O)C(C)C)cc1. The number of hydrogen-bond acceptors (Lipinski definition) is 16. The number of alkyl carbamates (subject to hydrolysis) is 2. The number of urea groups is 1. The highest BCUT2D eigenvalue weighted by Gasteiger charge is 2.33. The minimum atomic E-state index is -1.42. The molecular formula is C59H83N13O14. The summed E-state index contributed by atoms with van der Waals surface area (Å²) in [6, 6.07) is 10.9. The number of imidazole rings is 1. The molecule has 5 rings (SSSR count). The third kappa shape index (κ3) is 21.4. The Morgan fingerprint density at radius 1 is 0.733 bits per heavy atom. The van der Waals surface area contributed by atoms with Gasteiger partial charge in [-0.05, 0) is 111 Å². The standard InChI is InChI=1S/C59H83N13O14/c1-11-83-34-42-67-48-49(39-18-14-15-19-40(39)65-50(48)69-44(74)32-63-55(81)86-57(4,5)6)72(42)35-58(7,8)85-31-29-61-53(79)59(9,10)70-56(82)84-33-37-22-24-38(25-23-37)64-51(77)41(20-17-28-62-54(60)80)66-52(78)47(36(2)3)68-43(73)21-13-12-16-30-71-45(75)26-27-46(71)76/h14-15,18-19,22-27,36,41,47H,11-13,16-17,20-21,28-35H2,1-10H3,(H,61,79)(H,63,81)(H,64,77)(H,66,78)(H,68,73)(H,70,82)(H3,60,62,80)(H,65,69,74)/t41?,47-/m0/s1. The van der Waals surface area contributed by atoms with Gasteiger partial charge in [-0.15, -0.1) is 0 Å². The molecule has 3 heterocycles. The summed E-state index contributed by atoms with van der Waals surface area (Å²) in [6.45, 7) is 18.1. The van der Waals surface area contributed by atoms with Crippen LogP contribution in [-0.4, -0.2) is 147 Å². The molecule has 468 valence electrons. The Morgan fingerprint density at radius 3 is 2.09 bits per heavy atom. The molecular weight excluding hydrogens is 1110 g/mol. The van der Waals surface area contributed by atoms with Crippen LogP contribution in [0.4, 0.5) is 25.9 Å². The molecule has 0 bridgehead atoms. The van der Waals surface area contributed by atoms with Crippen LogP contribution in [-0.2, 0) is 72.3 Å². The molecule has 11 amide bonds. The van der Waals surface area contributed by atoms with Gasteiger partial charge in [-0.3, -0.25) is 38.5 Å². The fourth-order valence-electron chi connectivity index (χ4n) is 8.85. The number of rotatable bonds is 32.